The van der Waals surface area contributed by atoms with Crippen molar-refractivity contribution in [3.8, 4) is 0 Å². The van der Waals surface area contributed by atoms with Crippen LogP contribution in [0.1, 0.15) is 63.0 Å². The topological polar surface area (TPSA) is 49.4 Å². The van der Waals surface area contributed by atoms with E-state index < -0.39 is 0 Å². The predicted octanol–water partition coefficient (Wildman–Crippen LogP) is 3.89. The average Bonchev–Trinajstić information content (AvgIpc) is 3.12. The summed E-state index contributed by atoms with van der Waals surface area (Å²) in [7, 11) is 0. The third kappa shape index (κ3) is 4.16. The van der Waals surface area contributed by atoms with E-state index in [1.54, 1.807) is 0 Å². The minimum absolute atomic E-state index is 0.110. The van der Waals surface area contributed by atoms with Gasteiger partial charge in [-0.3, -0.25) is 9.59 Å². The number of nitrogens with one attached hydrogen (secondary N) is 1. The molecule has 0 unspecified atom stereocenters. The van der Waals surface area contributed by atoms with Crippen LogP contribution in [0.2, 0.25) is 0 Å². The van der Waals surface area contributed by atoms with Crippen molar-refractivity contribution in [3.63, 3.8) is 0 Å². The maximum absolute atomic E-state index is 12.2. The molecule has 1 aromatic carbocycles. The second kappa shape index (κ2) is 7.82. The van der Waals surface area contributed by atoms with Crippen LogP contribution in [0, 0.1) is 5.92 Å². The van der Waals surface area contributed by atoms with Gasteiger partial charge in [-0.1, -0.05) is 38.7 Å². The van der Waals surface area contributed by atoms with E-state index in [1.165, 1.54) is 31.2 Å². The number of hydrogen-bond acceptors (Lipinski definition) is 2. The van der Waals surface area contributed by atoms with Crippen LogP contribution in [0.25, 0.3) is 0 Å². The zero-order valence-electron chi connectivity index (χ0n) is 14.6. The molecule has 1 heterocycles. The zero-order chi connectivity index (χ0) is 16.9. The smallest absolute Gasteiger partial charge is 0.224 e. The molecule has 1 fully saturated rings. The molecule has 1 aliphatic heterocycles. The van der Waals surface area contributed by atoms with E-state index in [4.69, 9.17) is 0 Å². The molecule has 2 amide bonds. The van der Waals surface area contributed by atoms with Crippen molar-refractivity contribution < 1.29 is 9.59 Å². The summed E-state index contributed by atoms with van der Waals surface area (Å²) in [6, 6.07) is 6.12. The number of amides is 2. The van der Waals surface area contributed by atoms with Crippen LogP contribution in [0.5, 0.6) is 0 Å². The molecule has 0 saturated heterocycles. The van der Waals surface area contributed by atoms with Crippen molar-refractivity contribution in [1.82, 2.24) is 4.90 Å². The van der Waals surface area contributed by atoms with E-state index in [0.717, 1.165) is 36.6 Å². The fourth-order valence-corrected chi connectivity index (χ4v) is 3.93. The van der Waals surface area contributed by atoms with Crippen molar-refractivity contribution >= 4 is 17.5 Å². The minimum Gasteiger partial charge on any atom is -0.338 e. The Hall–Kier alpha value is -1.84. The Morgan fingerprint density at radius 2 is 2.00 bits per heavy atom. The second-order valence-electron chi connectivity index (χ2n) is 7.14. The molecule has 3 rings (SSSR count). The van der Waals surface area contributed by atoms with Crippen molar-refractivity contribution in [2.24, 2.45) is 5.92 Å². The van der Waals surface area contributed by atoms with Gasteiger partial charge < -0.3 is 10.2 Å². The highest BCUT2D eigenvalue weighted by Crippen LogP contribution is 2.29. The van der Waals surface area contributed by atoms with E-state index in [1.807, 2.05) is 24.0 Å². The first-order valence-electron chi connectivity index (χ1n) is 9.35. The largest absolute Gasteiger partial charge is 0.338 e. The van der Waals surface area contributed by atoms with Gasteiger partial charge in [0.1, 0.15) is 0 Å². The summed E-state index contributed by atoms with van der Waals surface area (Å²) in [4.78, 5) is 26.0. The number of fused-ring (bicyclic) bond motifs is 1. The number of benzene rings is 1. The fraction of sp³-hybridized carbons (Fsp3) is 0.600. The van der Waals surface area contributed by atoms with E-state index in [-0.39, 0.29) is 11.8 Å². The van der Waals surface area contributed by atoms with Crippen LogP contribution in [-0.2, 0) is 22.6 Å². The Morgan fingerprint density at radius 1 is 1.21 bits per heavy atom. The Kier molecular flexibility index (Phi) is 5.54. The zero-order valence-corrected chi connectivity index (χ0v) is 14.6. The predicted molar refractivity (Wildman–Crippen MR) is 95.7 cm³/mol. The van der Waals surface area contributed by atoms with Gasteiger partial charge in [0.25, 0.3) is 0 Å². The highest BCUT2D eigenvalue weighted by atomic mass is 16.2. The Morgan fingerprint density at radius 3 is 2.75 bits per heavy atom. The molecule has 2 aliphatic rings. The molecular weight excluding hydrogens is 300 g/mol. The quantitative estimate of drug-likeness (QED) is 0.891. The molecule has 130 valence electrons. The SMILES string of the molecule is CCC(=O)N1CCc2ccc(NC(=O)CCC3CCCC3)cc2C1. The number of hydrogen-bond donors (Lipinski definition) is 1. The van der Waals surface area contributed by atoms with Crippen LogP contribution < -0.4 is 5.32 Å². The average molecular weight is 328 g/mol. The van der Waals surface area contributed by atoms with E-state index >= 15 is 0 Å². The summed E-state index contributed by atoms with van der Waals surface area (Å²) in [6.45, 7) is 3.36. The standard InChI is InChI=1S/C20H28N2O2/c1-2-20(24)22-12-11-16-8-9-18(13-17(16)14-22)21-19(23)10-7-15-5-3-4-6-15/h8-9,13,15H,2-7,10-12,14H2,1H3,(H,21,23). The molecule has 4 heteroatoms. The fourth-order valence-electron chi connectivity index (χ4n) is 3.93. The van der Waals surface area contributed by atoms with Gasteiger partial charge >= 0.3 is 0 Å². The number of carbonyl (C=O) groups is 2. The molecule has 4 nitrogen and oxygen atoms in total. The summed E-state index contributed by atoms with van der Waals surface area (Å²) in [5.74, 6) is 1.05. The van der Waals surface area contributed by atoms with Crippen LogP contribution in [0.15, 0.2) is 18.2 Å². The first kappa shape index (κ1) is 17.0. The molecule has 1 saturated carbocycles. The minimum atomic E-state index is 0.110. The number of carbonyl (C=O) groups excluding carboxylic acids is 2. The van der Waals surface area contributed by atoms with Gasteiger partial charge in [-0.15, -0.1) is 0 Å². The van der Waals surface area contributed by atoms with Crippen LogP contribution >= 0.6 is 0 Å². The molecule has 0 aromatic heterocycles. The molecule has 24 heavy (non-hydrogen) atoms. The Labute approximate surface area is 144 Å². The van der Waals surface area contributed by atoms with E-state index in [0.29, 0.717) is 19.4 Å². The lowest BCUT2D eigenvalue weighted by molar-refractivity contribution is -0.131. The first-order chi connectivity index (χ1) is 11.7. The highest BCUT2D eigenvalue weighted by molar-refractivity contribution is 5.90. The molecule has 0 spiro atoms. The Balaban J connectivity index is 1.57. The van der Waals surface area contributed by atoms with Crippen LogP contribution in [0.3, 0.4) is 0 Å². The van der Waals surface area contributed by atoms with Crippen molar-refractivity contribution in [2.45, 2.75) is 64.8 Å². The molecule has 1 aliphatic carbocycles. The van der Waals surface area contributed by atoms with Crippen molar-refractivity contribution in [3.05, 3.63) is 29.3 Å². The van der Waals surface area contributed by atoms with Crippen LogP contribution in [0.4, 0.5) is 5.69 Å². The molecule has 0 radical (unpaired) electrons. The molecule has 1 aromatic rings. The number of anilines is 1. The first-order valence-corrected chi connectivity index (χ1v) is 9.35. The summed E-state index contributed by atoms with van der Waals surface area (Å²) >= 11 is 0. The van der Waals surface area contributed by atoms with E-state index in [2.05, 4.69) is 11.4 Å². The maximum atomic E-state index is 12.2. The van der Waals surface area contributed by atoms with Crippen molar-refractivity contribution in [2.75, 3.05) is 11.9 Å². The Bertz CT molecular complexity index is 606. The van der Waals surface area contributed by atoms with Gasteiger partial charge in [0.2, 0.25) is 11.8 Å². The lowest BCUT2D eigenvalue weighted by Gasteiger charge is -2.29. The van der Waals surface area contributed by atoms with Gasteiger partial charge in [0.15, 0.2) is 0 Å². The normalized spacial score (nSPS) is 17.6. The maximum Gasteiger partial charge on any atom is 0.224 e. The third-order valence-electron chi connectivity index (χ3n) is 5.41. The summed E-state index contributed by atoms with van der Waals surface area (Å²) < 4.78 is 0. The van der Waals surface area contributed by atoms with Gasteiger partial charge in [-0.05, 0) is 42.0 Å². The van der Waals surface area contributed by atoms with Gasteiger partial charge in [0, 0.05) is 31.6 Å². The van der Waals surface area contributed by atoms with E-state index in [9.17, 15) is 9.59 Å². The van der Waals surface area contributed by atoms with Gasteiger partial charge in [-0.2, -0.15) is 0 Å². The lowest BCUT2D eigenvalue weighted by atomic mass is 9.98. The summed E-state index contributed by atoms with van der Waals surface area (Å²) in [5, 5.41) is 3.03. The monoisotopic (exact) mass is 328 g/mol. The third-order valence-corrected chi connectivity index (χ3v) is 5.41. The number of rotatable bonds is 5. The van der Waals surface area contributed by atoms with Crippen LogP contribution in [-0.4, -0.2) is 23.3 Å². The highest BCUT2D eigenvalue weighted by Gasteiger charge is 2.20. The molecule has 0 atom stereocenters. The molecule has 0 bridgehead atoms. The second-order valence-corrected chi connectivity index (χ2v) is 7.14. The van der Waals surface area contributed by atoms with Gasteiger partial charge in [-0.25, -0.2) is 0 Å². The summed E-state index contributed by atoms with van der Waals surface area (Å²) in [6.07, 6.45) is 8.29. The molecule has 1 N–H and O–H groups in total. The lowest BCUT2D eigenvalue weighted by Crippen LogP contribution is -2.35. The van der Waals surface area contributed by atoms with Gasteiger partial charge in [0.05, 0.1) is 0 Å². The number of nitrogens with zero attached hydrogens (tertiary/aromatic N) is 1. The molecular formula is C20H28N2O2. The summed E-state index contributed by atoms with van der Waals surface area (Å²) in [5.41, 5.74) is 3.31. The van der Waals surface area contributed by atoms with Crippen molar-refractivity contribution in [1.29, 1.82) is 0 Å².